The summed E-state index contributed by atoms with van der Waals surface area (Å²) in [5.41, 5.74) is 0.579. The van der Waals surface area contributed by atoms with Gasteiger partial charge in [-0.15, -0.1) is 0 Å². The molecule has 5 nitrogen and oxygen atoms in total. The molecule has 92 valence electrons. The van der Waals surface area contributed by atoms with E-state index < -0.39 is 0 Å². The molecular weight excluding hydrogens is 226 g/mol. The van der Waals surface area contributed by atoms with Gasteiger partial charge in [0.05, 0.1) is 17.7 Å². The summed E-state index contributed by atoms with van der Waals surface area (Å²) in [7, 11) is 0. The third-order valence-corrected chi connectivity index (χ3v) is 3.25. The van der Waals surface area contributed by atoms with Crippen molar-refractivity contribution < 1.29 is 0 Å². The normalized spacial score (nSPS) is 17.8. The maximum atomic E-state index is 8.88. The molecule has 0 radical (unpaired) electrons. The molecule has 1 saturated heterocycles. The predicted octanol–water partition coefficient (Wildman–Crippen LogP) is 0.987. The second-order valence-corrected chi connectivity index (χ2v) is 4.34. The van der Waals surface area contributed by atoms with Crippen molar-refractivity contribution in [1.29, 1.82) is 10.5 Å². The monoisotopic (exact) mass is 241 g/mol. The molecular formula is C13H15N5. The van der Waals surface area contributed by atoms with E-state index in [4.69, 9.17) is 10.5 Å². The van der Waals surface area contributed by atoms with Crippen molar-refractivity contribution in [2.45, 2.75) is 13.0 Å². The van der Waals surface area contributed by atoms with E-state index in [9.17, 15) is 0 Å². The van der Waals surface area contributed by atoms with Gasteiger partial charge in [-0.2, -0.15) is 10.5 Å². The summed E-state index contributed by atoms with van der Waals surface area (Å²) in [5.74, 6) is 0.901. The molecule has 0 aromatic carbocycles. The molecule has 5 heteroatoms. The molecule has 0 spiro atoms. The Labute approximate surface area is 107 Å². The highest BCUT2D eigenvalue weighted by Gasteiger charge is 2.21. The van der Waals surface area contributed by atoms with Gasteiger partial charge in [-0.25, -0.2) is 4.98 Å². The molecule has 1 unspecified atom stereocenters. The zero-order chi connectivity index (χ0) is 13.0. The molecule has 1 aromatic heterocycles. The quantitative estimate of drug-likeness (QED) is 0.772. The first-order chi connectivity index (χ1) is 8.74. The molecule has 1 aliphatic rings. The molecule has 1 aliphatic heterocycles. The summed E-state index contributed by atoms with van der Waals surface area (Å²) >= 11 is 0. The molecule has 0 N–H and O–H groups in total. The Balaban J connectivity index is 1.97. The van der Waals surface area contributed by atoms with Crippen LogP contribution in [0.3, 0.4) is 0 Å². The van der Waals surface area contributed by atoms with E-state index in [1.54, 1.807) is 12.3 Å². The van der Waals surface area contributed by atoms with Crippen LogP contribution in [-0.2, 0) is 0 Å². The van der Waals surface area contributed by atoms with Crippen molar-refractivity contribution in [2.24, 2.45) is 0 Å². The fourth-order valence-corrected chi connectivity index (χ4v) is 2.06. The van der Waals surface area contributed by atoms with Crippen LogP contribution in [0.15, 0.2) is 18.3 Å². The summed E-state index contributed by atoms with van der Waals surface area (Å²) < 4.78 is 0. The lowest BCUT2D eigenvalue weighted by atomic mass is 10.2. The number of rotatable bonds is 2. The van der Waals surface area contributed by atoms with Crippen molar-refractivity contribution in [2.75, 3.05) is 31.1 Å². The number of anilines is 1. The topological polar surface area (TPSA) is 67.0 Å². The van der Waals surface area contributed by atoms with E-state index in [1.807, 2.05) is 13.0 Å². The molecule has 0 aliphatic carbocycles. The lowest BCUT2D eigenvalue weighted by molar-refractivity contribution is 0.231. The Bertz CT molecular complexity index is 474. The number of piperazine rings is 1. The van der Waals surface area contributed by atoms with Gasteiger partial charge in [0.2, 0.25) is 0 Å². The predicted molar refractivity (Wildman–Crippen MR) is 67.8 cm³/mol. The smallest absolute Gasteiger partial charge is 0.128 e. The number of nitriles is 2. The van der Waals surface area contributed by atoms with Gasteiger partial charge in [-0.3, -0.25) is 4.90 Å². The molecule has 1 atom stereocenters. The summed E-state index contributed by atoms with van der Waals surface area (Å²) in [6, 6.07) is 7.96. The summed E-state index contributed by atoms with van der Waals surface area (Å²) in [5, 5.41) is 17.6. The third kappa shape index (κ3) is 2.58. The number of hydrogen-bond donors (Lipinski definition) is 0. The van der Waals surface area contributed by atoms with Crippen molar-refractivity contribution in [1.82, 2.24) is 9.88 Å². The Morgan fingerprint density at radius 3 is 2.44 bits per heavy atom. The van der Waals surface area contributed by atoms with Crippen LogP contribution < -0.4 is 4.90 Å². The molecule has 1 aromatic rings. The summed E-state index contributed by atoms with van der Waals surface area (Å²) in [4.78, 5) is 8.63. The second kappa shape index (κ2) is 5.48. The van der Waals surface area contributed by atoms with Gasteiger partial charge in [0.1, 0.15) is 11.9 Å². The van der Waals surface area contributed by atoms with E-state index in [2.05, 4.69) is 26.9 Å². The van der Waals surface area contributed by atoms with Gasteiger partial charge >= 0.3 is 0 Å². The molecule has 0 amide bonds. The maximum absolute atomic E-state index is 8.88. The van der Waals surface area contributed by atoms with Crippen LogP contribution in [0.4, 0.5) is 5.82 Å². The largest absolute Gasteiger partial charge is 0.354 e. The molecule has 2 rings (SSSR count). The van der Waals surface area contributed by atoms with Gasteiger partial charge in [0, 0.05) is 32.4 Å². The minimum atomic E-state index is -0.0268. The van der Waals surface area contributed by atoms with E-state index >= 15 is 0 Å². The highest BCUT2D eigenvalue weighted by molar-refractivity contribution is 5.42. The van der Waals surface area contributed by atoms with Crippen molar-refractivity contribution >= 4 is 5.82 Å². The average Bonchev–Trinajstić information content (AvgIpc) is 2.47. The maximum Gasteiger partial charge on any atom is 0.128 e. The van der Waals surface area contributed by atoms with Gasteiger partial charge in [0.15, 0.2) is 0 Å². The number of pyridine rings is 1. The number of aromatic nitrogens is 1. The third-order valence-electron chi connectivity index (χ3n) is 3.25. The first-order valence-corrected chi connectivity index (χ1v) is 5.99. The van der Waals surface area contributed by atoms with E-state index in [0.29, 0.717) is 5.56 Å². The van der Waals surface area contributed by atoms with Crippen LogP contribution in [0.2, 0.25) is 0 Å². The van der Waals surface area contributed by atoms with E-state index in [1.165, 1.54) is 0 Å². The molecule has 1 fully saturated rings. The SMILES string of the molecule is CC(C#N)N1CCN(c2ccc(C#N)cn2)CC1. The van der Waals surface area contributed by atoms with E-state index in [0.717, 1.165) is 32.0 Å². The average molecular weight is 241 g/mol. The molecule has 18 heavy (non-hydrogen) atoms. The lowest BCUT2D eigenvalue weighted by Crippen LogP contribution is -2.49. The summed E-state index contributed by atoms with van der Waals surface area (Å²) in [6.07, 6.45) is 1.60. The van der Waals surface area contributed by atoms with Crippen LogP contribution in [0.25, 0.3) is 0 Å². The minimum Gasteiger partial charge on any atom is -0.354 e. The van der Waals surface area contributed by atoms with Crippen LogP contribution in [-0.4, -0.2) is 42.1 Å². The molecule has 2 heterocycles. The Hall–Kier alpha value is -2.11. The highest BCUT2D eigenvalue weighted by atomic mass is 15.3. The van der Waals surface area contributed by atoms with Gasteiger partial charge in [-0.05, 0) is 19.1 Å². The van der Waals surface area contributed by atoms with Gasteiger partial charge < -0.3 is 4.90 Å². The zero-order valence-electron chi connectivity index (χ0n) is 10.4. The van der Waals surface area contributed by atoms with Crippen molar-refractivity contribution in [3.8, 4) is 12.1 Å². The van der Waals surface area contributed by atoms with Crippen LogP contribution >= 0.6 is 0 Å². The fourth-order valence-electron chi connectivity index (χ4n) is 2.06. The van der Waals surface area contributed by atoms with Crippen molar-refractivity contribution in [3.05, 3.63) is 23.9 Å². The Kier molecular flexibility index (Phi) is 3.76. The number of nitrogens with zero attached hydrogens (tertiary/aromatic N) is 5. The Morgan fingerprint density at radius 2 is 1.94 bits per heavy atom. The molecule has 0 saturated carbocycles. The second-order valence-electron chi connectivity index (χ2n) is 4.34. The lowest BCUT2D eigenvalue weighted by Gasteiger charge is -2.36. The standard InChI is InChI=1S/C13H15N5/c1-11(8-14)17-4-6-18(7-5-17)13-3-2-12(9-15)10-16-13/h2-3,10-11H,4-7H2,1H3. The minimum absolute atomic E-state index is 0.0268. The highest BCUT2D eigenvalue weighted by Crippen LogP contribution is 2.14. The zero-order valence-corrected chi connectivity index (χ0v) is 10.4. The van der Waals surface area contributed by atoms with Crippen LogP contribution in [0.1, 0.15) is 12.5 Å². The van der Waals surface area contributed by atoms with Crippen LogP contribution in [0, 0.1) is 22.7 Å². The summed E-state index contributed by atoms with van der Waals surface area (Å²) in [6.45, 7) is 5.40. The Morgan fingerprint density at radius 1 is 1.22 bits per heavy atom. The molecule has 0 bridgehead atoms. The van der Waals surface area contributed by atoms with Crippen molar-refractivity contribution in [3.63, 3.8) is 0 Å². The van der Waals surface area contributed by atoms with Crippen LogP contribution in [0.5, 0.6) is 0 Å². The fraction of sp³-hybridized carbons (Fsp3) is 0.462. The van der Waals surface area contributed by atoms with Gasteiger partial charge in [-0.1, -0.05) is 0 Å². The number of hydrogen-bond acceptors (Lipinski definition) is 5. The first kappa shape index (κ1) is 12.3. The van der Waals surface area contributed by atoms with E-state index in [-0.39, 0.29) is 6.04 Å². The first-order valence-electron chi connectivity index (χ1n) is 5.99. The van der Waals surface area contributed by atoms with Gasteiger partial charge in [0.25, 0.3) is 0 Å².